The van der Waals surface area contributed by atoms with Crippen LogP contribution >= 0.6 is 0 Å². The van der Waals surface area contributed by atoms with Crippen LogP contribution in [-0.2, 0) is 0 Å². The van der Waals surface area contributed by atoms with E-state index in [4.69, 9.17) is 5.73 Å². The van der Waals surface area contributed by atoms with Crippen LogP contribution in [0.3, 0.4) is 0 Å². The lowest BCUT2D eigenvalue weighted by atomic mass is 10.1. The van der Waals surface area contributed by atoms with Crippen LogP contribution in [0.5, 0.6) is 0 Å². The fraction of sp³-hybridized carbons (Fsp3) is 1.00. The minimum absolute atomic E-state index is 0.338. The molecule has 0 spiro atoms. The monoisotopic (exact) mass is 170 g/mol. The minimum atomic E-state index is 0.338. The summed E-state index contributed by atoms with van der Waals surface area (Å²) in [5, 5.41) is 3.45. The highest BCUT2D eigenvalue weighted by Crippen LogP contribution is 2.50. The van der Waals surface area contributed by atoms with Gasteiger partial charge in [-0.3, -0.25) is 0 Å². The van der Waals surface area contributed by atoms with Gasteiger partial charge in [0.25, 0.3) is 0 Å². The van der Waals surface area contributed by atoms with Crippen LogP contribution in [0, 0.1) is 11.3 Å². The first-order valence-electron chi connectivity index (χ1n) is 4.98. The molecule has 2 nitrogen and oxygen atoms in total. The molecular weight excluding hydrogens is 148 g/mol. The normalized spacial score (nSPS) is 28.5. The van der Waals surface area contributed by atoms with Crippen LogP contribution in [0.15, 0.2) is 0 Å². The van der Waals surface area contributed by atoms with Crippen LogP contribution in [-0.4, -0.2) is 19.1 Å². The summed E-state index contributed by atoms with van der Waals surface area (Å²) in [6.07, 6.45) is 2.48. The Bertz CT molecular complexity index is 141. The fourth-order valence-electron chi connectivity index (χ4n) is 1.53. The van der Waals surface area contributed by atoms with Crippen molar-refractivity contribution < 1.29 is 0 Å². The third-order valence-electron chi connectivity index (χ3n) is 2.88. The number of nitrogens with two attached hydrogens (primary N) is 1. The molecule has 2 heteroatoms. The van der Waals surface area contributed by atoms with Crippen molar-refractivity contribution in [2.24, 2.45) is 17.1 Å². The lowest BCUT2D eigenvalue weighted by Gasteiger charge is -2.07. The zero-order valence-electron chi connectivity index (χ0n) is 8.56. The third kappa shape index (κ3) is 3.11. The molecule has 3 N–H and O–H groups in total. The van der Waals surface area contributed by atoms with Crippen molar-refractivity contribution in [2.45, 2.75) is 39.7 Å². The summed E-state index contributed by atoms with van der Waals surface area (Å²) in [6.45, 7) is 8.99. The summed E-state index contributed by atoms with van der Waals surface area (Å²) in [5.74, 6) is 0.908. The maximum atomic E-state index is 5.64. The molecule has 0 bridgehead atoms. The molecular formula is C10H22N2. The molecule has 1 aliphatic rings. The maximum Gasteiger partial charge on any atom is 0.00225 e. The Kier molecular flexibility index (Phi) is 3.13. The number of hydrogen-bond acceptors (Lipinski definition) is 2. The number of rotatable bonds is 5. The molecule has 0 aliphatic heterocycles. The van der Waals surface area contributed by atoms with Gasteiger partial charge in [-0.15, -0.1) is 0 Å². The van der Waals surface area contributed by atoms with E-state index in [1.54, 1.807) is 0 Å². The number of nitrogens with one attached hydrogen (secondary N) is 1. The van der Waals surface area contributed by atoms with Crippen molar-refractivity contribution in [1.82, 2.24) is 5.32 Å². The first kappa shape index (κ1) is 10.0. The SMILES string of the molecule is CC(N)CCNCC1CC1(C)C. The second-order valence-electron chi connectivity index (χ2n) is 4.86. The smallest absolute Gasteiger partial charge is 0.00225 e. The predicted molar refractivity (Wildman–Crippen MR) is 53.0 cm³/mol. The molecule has 1 fully saturated rings. The molecule has 72 valence electrons. The van der Waals surface area contributed by atoms with Gasteiger partial charge in [-0.05, 0) is 44.2 Å². The lowest BCUT2D eigenvalue weighted by molar-refractivity contribution is 0.505. The Balaban J connectivity index is 1.91. The number of hydrogen-bond donors (Lipinski definition) is 2. The summed E-state index contributed by atoms with van der Waals surface area (Å²) >= 11 is 0. The average Bonchev–Trinajstić information content (AvgIpc) is 2.51. The molecule has 2 atom stereocenters. The van der Waals surface area contributed by atoms with Gasteiger partial charge in [-0.2, -0.15) is 0 Å². The molecule has 1 rings (SSSR count). The van der Waals surface area contributed by atoms with Gasteiger partial charge in [0, 0.05) is 6.04 Å². The van der Waals surface area contributed by atoms with Crippen molar-refractivity contribution in [3.05, 3.63) is 0 Å². The van der Waals surface area contributed by atoms with Gasteiger partial charge in [0.1, 0.15) is 0 Å². The highest BCUT2D eigenvalue weighted by molar-refractivity contribution is 4.95. The second kappa shape index (κ2) is 3.75. The second-order valence-corrected chi connectivity index (χ2v) is 4.86. The Morgan fingerprint density at radius 2 is 2.17 bits per heavy atom. The van der Waals surface area contributed by atoms with E-state index >= 15 is 0 Å². The molecule has 1 aliphatic carbocycles. The van der Waals surface area contributed by atoms with E-state index in [0.717, 1.165) is 18.9 Å². The van der Waals surface area contributed by atoms with Crippen molar-refractivity contribution in [1.29, 1.82) is 0 Å². The molecule has 0 aromatic heterocycles. The van der Waals surface area contributed by atoms with Crippen LogP contribution in [0.25, 0.3) is 0 Å². The van der Waals surface area contributed by atoms with Crippen molar-refractivity contribution in [3.8, 4) is 0 Å². The van der Waals surface area contributed by atoms with Gasteiger partial charge in [0.2, 0.25) is 0 Å². The van der Waals surface area contributed by atoms with E-state index in [2.05, 4.69) is 26.1 Å². The van der Waals surface area contributed by atoms with E-state index < -0.39 is 0 Å². The van der Waals surface area contributed by atoms with Crippen molar-refractivity contribution in [2.75, 3.05) is 13.1 Å². The largest absolute Gasteiger partial charge is 0.328 e. The van der Waals surface area contributed by atoms with Gasteiger partial charge in [0.05, 0.1) is 0 Å². The Labute approximate surface area is 75.9 Å². The Hall–Kier alpha value is -0.0800. The topological polar surface area (TPSA) is 38.0 Å². The summed E-state index contributed by atoms with van der Waals surface area (Å²) in [4.78, 5) is 0. The van der Waals surface area contributed by atoms with Crippen LogP contribution in [0.1, 0.15) is 33.6 Å². The maximum absolute atomic E-state index is 5.64. The molecule has 0 amide bonds. The standard InChI is InChI=1S/C10H22N2/c1-8(11)4-5-12-7-9-6-10(9,2)3/h8-9,12H,4-7,11H2,1-3H3. The first-order chi connectivity index (χ1) is 5.52. The molecule has 1 saturated carbocycles. The van der Waals surface area contributed by atoms with Gasteiger partial charge >= 0.3 is 0 Å². The van der Waals surface area contributed by atoms with Crippen molar-refractivity contribution >= 4 is 0 Å². The summed E-state index contributed by atoms with van der Waals surface area (Å²) in [5.41, 5.74) is 6.25. The average molecular weight is 170 g/mol. The van der Waals surface area contributed by atoms with E-state index in [1.165, 1.54) is 13.0 Å². The lowest BCUT2D eigenvalue weighted by Crippen LogP contribution is -2.26. The van der Waals surface area contributed by atoms with E-state index in [0.29, 0.717) is 11.5 Å². The first-order valence-corrected chi connectivity index (χ1v) is 4.98. The van der Waals surface area contributed by atoms with Gasteiger partial charge in [0.15, 0.2) is 0 Å². The summed E-state index contributed by atoms with van der Waals surface area (Å²) in [7, 11) is 0. The summed E-state index contributed by atoms with van der Waals surface area (Å²) < 4.78 is 0. The van der Waals surface area contributed by atoms with E-state index in [1.807, 2.05) is 0 Å². The molecule has 2 unspecified atom stereocenters. The van der Waals surface area contributed by atoms with E-state index in [-0.39, 0.29) is 0 Å². The highest BCUT2D eigenvalue weighted by Gasteiger charge is 2.44. The molecule has 0 aromatic carbocycles. The quantitative estimate of drug-likeness (QED) is 0.611. The zero-order chi connectivity index (χ0) is 9.19. The Morgan fingerprint density at radius 1 is 1.58 bits per heavy atom. The van der Waals surface area contributed by atoms with Crippen LogP contribution < -0.4 is 11.1 Å². The Morgan fingerprint density at radius 3 is 2.58 bits per heavy atom. The fourth-order valence-corrected chi connectivity index (χ4v) is 1.53. The van der Waals surface area contributed by atoms with Gasteiger partial charge < -0.3 is 11.1 Å². The molecule has 0 heterocycles. The van der Waals surface area contributed by atoms with Crippen LogP contribution in [0.4, 0.5) is 0 Å². The van der Waals surface area contributed by atoms with Gasteiger partial charge in [-0.1, -0.05) is 13.8 Å². The van der Waals surface area contributed by atoms with Gasteiger partial charge in [-0.25, -0.2) is 0 Å². The highest BCUT2D eigenvalue weighted by atomic mass is 14.9. The van der Waals surface area contributed by atoms with E-state index in [9.17, 15) is 0 Å². The molecule has 0 radical (unpaired) electrons. The third-order valence-corrected chi connectivity index (χ3v) is 2.88. The molecule has 0 saturated heterocycles. The predicted octanol–water partition coefficient (Wildman–Crippen LogP) is 1.36. The zero-order valence-corrected chi connectivity index (χ0v) is 8.56. The van der Waals surface area contributed by atoms with Crippen LogP contribution in [0.2, 0.25) is 0 Å². The van der Waals surface area contributed by atoms with Crippen molar-refractivity contribution in [3.63, 3.8) is 0 Å². The minimum Gasteiger partial charge on any atom is -0.328 e. The summed E-state index contributed by atoms with van der Waals surface area (Å²) in [6, 6.07) is 0.338. The molecule has 0 aromatic rings. The molecule has 12 heavy (non-hydrogen) atoms.